The van der Waals surface area contributed by atoms with Gasteiger partial charge in [0.15, 0.2) is 0 Å². The molecule has 0 N–H and O–H groups in total. The molecule has 0 aliphatic carbocycles. The van der Waals surface area contributed by atoms with E-state index in [1.165, 1.54) is 42.9 Å². The number of nitrogens with zero attached hydrogens (tertiary/aromatic N) is 2. The van der Waals surface area contributed by atoms with Gasteiger partial charge >= 0.3 is 0 Å². The Morgan fingerprint density at radius 1 is 0.967 bits per heavy atom. The smallest absolute Gasteiger partial charge is 0.0914 e. The van der Waals surface area contributed by atoms with Gasteiger partial charge in [0, 0.05) is 36.7 Å². The Balaban J connectivity index is 0.00000218. The van der Waals surface area contributed by atoms with Crippen LogP contribution in [0.2, 0.25) is 0 Å². The molecule has 0 unspecified atom stereocenters. The van der Waals surface area contributed by atoms with Crippen LogP contribution in [0, 0.1) is 13.0 Å². The number of imidazole rings is 1. The Hall–Kier alpha value is -2.00. The molecule has 30 heavy (non-hydrogen) atoms. The maximum absolute atomic E-state index is 4.92. The third-order valence-electron chi connectivity index (χ3n) is 5.80. The molecule has 0 aliphatic rings. The van der Waals surface area contributed by atoms with Gasteiger partial charge in [-0.15, -0.1) is 41.0 Å². The second kappa shape index (κ2) is 7.92. The van der Waals surface area contributed by atoms with E-state index in [1.54, 1.807) is 0 Å². The number of benzene rings is 2. The SMILES string of the molecule is Cc1cc2c3ccc[c-]c3c3ncc(-c4c(C(C)C)cccc4C(C)C)n3c2s1.[Ir]. The third kappa shape index (κ3) is 3.13. The molecule has 3 heterocycles. The molecule has 0 bridgehead atoms. The van der Waals surface area contributed by atoms with E-state index in [0.717, 1.165) is 11.0 Å². The van der Waals surface area contributed by atoms with E-state index in [4.69, 9.17) is 4.98 Å². The Morgan fingerprint density at radius 2 is 1.67 bits per heavy atom. The third-order valence-corrected chi connectivity index (χ3v) is 6.84. The van der Waals surface area contributed by atoms with Crippen molar-refractivity contribution in [3.8, 4) is 11.3 Å². The number of hydrogen-bond acceptors (Lipinski definition) is 2. The molecular formula is C26H25IrN2S-. The predicted octanol–water partition coefficient (Wildman–Crippen LogP) is 7.72. The van der Waals surface area contributed by atoms with E-state index in [-0.39, 0.29) is 20.1 Å². The minimum absolute atomic E-state index is 0. The average Bonchev–Trinajstić information content (AvgIpc) is 3.30. The molecule has 0 amide bonds. The zero-order valence-electron chi connectivity index (χ0n) is 17.9. The van der Waals surface area contributed by atoms with Crippen molar-refractivity contribution in [3.05, 3.63) is 70.7 Å². The Bertz CT molecular complexity index is 1350. The average molecular weight is 590 g/mol. The van der Waals surface area contributed by atoms with Gasteiger partial charge < -0.3 is 4.40 Å². The summed E-state index contributed by atoms with van der Waals surface area (Å²) >= 11 is 1.85. The summed E-state index contributed by atoms with van der Waals surface area (Å²) in [6.45, 7) is 11.3. The monoisotopic (exact) mass is 590 g/mol. The largest absolute Gasteiger partial charge is 0.325 e. The van der Waals surface area contributed by atoms with E-state index in [2.05, 4.69) is 87.7 Å². The molecule has 4 heteroatoms. The van der Waals surface area contributed by atoms with Gasteiger partial charge in [0.1, 0.15) is 0 Å². The van der Waals surface area contributed by atoms with Gasteiger partial charge in [-0.3, -0.25) is 4.98 Å². The molecule has 2 nitrogen and oxygen atoms in total. The number of pyridine rings is 1. The molecule has 0 fully saturated rings. The number of aryl methyl sites for hydroxylation is 1. The first kappa shape index (κ1) is 21.2. The predicted molar refractivity (Wildman–Crippen MR) is 125 cm³/mol. The van der Waals surface area contributed by atoms with E-state index in [0.29, 0.717) is 11.8 Å². The Morgan fingerprint density at radius 3 is 2.33 bits per heavy atom. The molecular weight excluding hydrogens is 565 g/mol. The fourth-order valence-electron chi connectivity index (χ4n) is 4.46. The van der Waals surface area contributed by atoms with Crippen LogP contribution in [0.5, 0.6) is 0 Å². The molecule has 0 saturated heterocycles. The van der Waals surface area contributed by atoms with Gasteiger partial charge in [0.25, 0.3) is 0 Å². The van der Waals surface area contributed by atoms with Crippen molar-refractivity contribution in [2.24, 2.45) is 0 Å². The van der Waals surface area contributed by atoms with Gasteiger partial charge in [-0.1, -0.05) is 51.3 Å². The summed E-state index contributed by atoms with van der Waals surface area (Å²) in [5, 5.41) is 3.62. The zero-order chi connectivity index (χ0) is 20.3. The summed E-state index contributed by atoms with van der Waals surface area (Å²) in [6.07, 6.45) is 2.07. The topological polar surface area (TPSA) is 17.3 Å². The van der Waals surface area contributed by atoms with Gasteiger partial charge in [0.05, 0.1) is 16.2 Å². The van der Waals surface area contributed by atoms with Crippen LogP contribution in [-0.4, -0.2) is 9.38 Å². The first-order valence-corrected chi connectivity index (χ1v) is 11.1. The minimum atomic E-state index is 0. The second-order valence-electron chi connectivity index (χ2n) is 8.46. The number of thiophene rings is 1. The Labute approximate surface area is 195 Å². The van der Waals surface area contributed by atoms with Crippen molar-refractivity contribution in [1.29, 1.82) is 0 Å². The van der Waals surface area contributed by atoms with Crippen LogP contribution in [0.15, 0.2) is 48.7 Å². The summed E-state index contributed by atoms with van der Waals surface area (Å²) in [5.41, 5.74) is 6.30. The molecule has 0 atom stereocenters. The van der Waals surface area contributed by atoms with Crippen LogP contribution >= 0.6 is 11.3 Å². The number of aromatic nitrogens is 2. The standard InChI is InChI=1S/C26H25N2S.Ir/c1-15(2)18-11-8-12-19(16(3)4)24(18)23-14-27-25-21-10-7-6-9-20(21)22-13-17(5)29-26(22)28(23)25;/h6-9,11-16H,1-5H3;/q-1;. The van der Waals surface area contributed by atoms with Gasteiger partial charge in [-0.2, -0.15) is 0 Å². The maximum Gasteiger partial charge on any atom is 0.0914 e. The van der Waals surface area contributed by atoms with Crippen LogP contribution in [0.1, 0.15) is 55.5 Å². The fraction of sp³-hybridized carbons (Fsp3) is 0.269. The van der Waals surface area contributed by atoms with Crippen LogP contribution in [-0.2, 0) is 20.1 Å². The number of hydrogen-bond donors (Lipinski definition) is 0. The molecule has 1 radical (unpaired) electrons. The van der Waals surface area contributed by atoms with Crippen LogP contribution < -0.4 is 0 Å². The van der Waals surface area contributed by atoms with Crippen molar-refractivity contribution in [1.82, 2.24) is 9.38 Å². The molecule has 155 valence electrons. The molecule has 5 aromatic rings. The summed E-state index contributed by atoms with van der Waals surface area (Å²) < 4.78 is 2.37. The van der Waals surface area contributed by atoms with Gasteiger partial charge in [-0.05, 0) is 41.3 Å². The zero-order valence-corrected chi connectivity index (χ0v) is 21.1. The summed E-state index contributed by atoms with van der Waals surface area (Å²) in [7, 11) is 0. The van der Waals surface area contributed by atoms with Crippen molar-refractivity contribution in [3.63, 3.8) is 0 Å². The summed E-state index contributed by atoms with van der Waals surface area (Å²) in [5.74, 6) is 0.892. The van der Waals surface area contributed by atoms with E-state index in [9.17, 15) is 0 Å². The molecule has 5 rings (SSSR count). The van der Waals surface area contributed by atoms with E-state index >= 15 is 0 Å². The molecule has 3 aromatic heterocycles. The van der Waals surface area contributed by atoms with Crippen molar-refractivity contribution >= 4 is 38.0 Å². The minimum Gasteiger partial charge on any atom is -0.325 e. The molecule has 0 saturated carbocycles. The van der Waals surface area contributed by atoms with Crippen molar-refractivity contribution < 1.29 is 20.1 Å². The number of fused-ring (bicyclic) bond motifs is 6. The van der Waals surface area contributed by atoms with E-state index in [1.807, 2.05) is 17.4 Å². The first-order chi connectivity index (χ1) is 14.0. The van der Waals surface area contributed by atoms with Crippen LogP contribution in [0.3, 0.4) is 0 Å². The van der Waals surface area contributed by atoms with Crippen LogP contribution in [0.25, 0.3) is 37.9 Å². The Kier molecular flexibility index (Phi) is 5.61. The molecule has 0 aliphatic heterocycles. The second-order valence-corrected chi connectivity index (χ2v) is 9.69. The van der Waals surface area contributed by atoms with Gasteiger partial charge in [-0.25, -0.2) is 0 Å². The first-order valence-electron chi connectivity index (χ1n) is 10.3. The normalized spacial score (nSPS) is 11.8. The fourth-order valence-corrected chi connectivity index (χ4v) is 5.50. The van der Waals surface area contributed by atoms with E-state index < -0.39 is 0 Å². The van der Waals surface area contributed by atoms with Crippen molar-refractivity contribution in [2.75, 3.05) is 0 Å². The van der Waals surface area contributed by atoms with Crippen LogP contribution in [0.4, 0.5) is 0 Å². The van der Waals surface area contributed by atoms with Gasteiger partial charge in [0.2, 0.25) is 0 Å². The summed E-state index contributed by atoms with van der Waals surface area (Å²) in [4.78, 5) is 7.51. The number of rotatable bonds is 3. The quantitative estimate of drug-likeness (QED) is 0.197. The summed E-state index contributed by atoms with van der Waals surface area (Å²) in [6, 6.07) is 18.8. The van der Waals surface area contributed by atoms with Crippen molar-refractivity contribution in [2.45, 2.75) is 46.5 Å². The molecule has 2 aromatic carbocycles. The maximum atomic E-state index is 4.92. The molecule has 0 spiro atoms.